The van der Waals surface area contributed by atoms with Gasteiger partial charge in [0.25, 0.3) is 0 Å². The number of carbonyl (C=O) groups is 1. The standard InChI is InChI=1S/C17H26N2O2/c1-3-21-16-9-8-14(13(2)18)11-15(16)12-19-10-6-4-5-7-17(19)20/h8-9,11,13H,3-7,10,12,18H2,1-2H3. The van der Waals surface area contributed by atoms with Crippen molar-refractivity contribution in [1.82, 2.24) is 4.90 Å². The zero-order chi connectivity index (χ0) is 15.2. The normalized spacial score (nSPS) is 17.5. The van der Waals surface area contributed by atoms with Crippen LogP contribution in [0.2, 0.25) is 0 Å². The van der Waals surface area contributed by atoms with E-state index in [4.69, 9.17) is 10.5 Å². The Kier molecular flexibility index (Phi) is 5.62. The van der Waals surface area contributed by atoms with Crippen molar-refractivity contribution >= 4 is 5.91 Å². The minimum atomic E-state index is -0.0146. The molecule has 1 amide bonds. The Hall–Kier alpha value is -1.55. The van der Waals surface area contributed by atoms with Crippen LogP contribution >= 0.6 is 0 Å². The number of benzene rings is 1. The molecule has 0 bridgehead atoms. The fourth-order valence-electron chi connectivity index (χ4n) is 2.71. The smallest absolute Gasteiger partial charge is 0.222 e. The minimum absolute atomic E-state index is 0.0146. The molecule has 1 atom stereocenters. The fraction of sp³-hybridized carbons (Fsp3) is 0.588. The largest absolute Gasteiger partial charge is 0.494 e. The van der Waals surface area contributed by atoms with Gasteiger partial charge in [-0.25, -0.2) is 0 Å². The highest BCUT2D eigenvalue weighted by atomic mass is 16.5. The Morgan fingerprint density at radius 2 is 2.14 bits per heavy atom. The molecule has 1 saturated heterocycles. The molecule has 4 nitrogen and oxygen atoms in total. The van der Waals surface area contributed by atoms with Gasteiger partial charge in [-0.1, -0.05) is 12.5 Å². The van der Waals surface area contributed by atoms with Gasteiger partial charge in [-0.05, 0) is 44.4 Å². The summed E-state index contributed by atoms with van der Waals surface area (Å²) in [5.74, 6) is 1.11. The first kappa shape index (κ1) is 15.8. The van der Waals surface area contributed by atoms with Crippen LogP contribution in [-0.2, 0) is 11.3 Å². The SMILES string of the molecule is CCOc1ccc(C(C)N)cc1CN1CCCCCC1=O. The topological polar surface area (TPSA) is 55.6 Å². The molecule has 1 aromatic rings. The summed E-state index contributed by atoms with van der Waals surface area (Å²) in [6, 6.07) is 6.04. The molecule has 0 spiro atoms. The summed E-state index contributed by atoms with van der Waals surface area (Å²) < 4.78 is 5.70. The molecule has 4 heteroatoms. The van der Waals surface area contributed by atoms with E-state index in [0.717, 1.165) is 42.7 Å². The van der Waals surface area contributed by atoms with Crippen molar-refractivity contribution in [1.29, 1.82) is 0 Å². The van der Waals surface area contributed by atoms with Gasteiger partial charge in [0.1, 0.15) is 5.75 Å². The maximum Gasteiger partial charge on any atom is 0.222 e. The van der Waals surface area contributed by atoms with Gasteiger partial charge >= 0.3 is 0 Å². The van der Waals surface area contributed by atoms with Crippen molar-refractivity contribution in [3.05, 3.63) is 29.3 Å². The van der Waals surface area contributed by atoms with E-state index in [2.05, 4.69) is 6.07 Å². The third-order valence-corrected chi connectivity index (χ3v) is 3.94. The van der Waals surface area contributed by atoms with Gasteiger partial charge in [-0.3, -0.25) is 4.79 Å². The van der Waals surface area contributed by atoms with Gasteiger partial charge < -0.3 is 15.4 Å². The lowest BCUT2D eigenvalue weighted by Gasteiger charge is -2.23. The van der Waals surface area contributed by atoms with Crippen LogP contribution < -0.4 is 10.5 Å². The average Bonchev–Trinajstić information content (AvgIpc) is 2.66. The lowest BCUT2D eigenvalue weighted by atomic mass is 10.0. The van der Waals surface area contributed by atoms with Crippen LogP contribution in [0.15, 0.2) is 18.2 Å². The van der Waals surface area contributed by atoms with Crippen LogP contribution in [-0.4, -0.2) is 24.0 Å². The maximum atomic E-state index is 12.2. The molecule has 1 heterocycles. The van der Waals surface area contributed by atoms with E-state index >= 15 is 0 Å². The van der Waals surface area contributed by atoms with Gasteiger partial charge in [0.15, 0.2) is 0 Å². The number of ether oxygens (including phenoxy) is 1. The molecule has 1 aliphatic heterocycles. The van der Waals surface area contributed by atoms with Crippen LogP contribution in [0.4, 0.5) is 0 Å². The summed E-state index contributed by atoms with van der Waals surface area (Å²) in [4.78, 5) is 14.1. The lowest BCUT2D eigenvalue weighted by molar-refractivity contribution is -0.131. The molecule has 0 saturated carbocycles. The monoisotopic (exact) mass is 290 g/mol. The lowest BCUT2D eigenvalue weighted by Crippen LogP contribution is -2.30. The third-order valence-electron chi connectivity index (χ3n) is 3.94. The second-order valence-electron chi connectivity index (χ2n) is 5.71. The van der Waals surface area contributed by atoms with E-state index in [1.807, 2.05) is 30.9 Å². The predicted octanol–water partition coefficient (Wildman–Crippen LogP) is 3.01. The van der Waals surface area contributed by atoms with Crippen molar-refractivity contribution in [2.75, 3.05) is 13.2 Å². The van der Waals surface area contributed by atoms with Gasteiger partial charge in [0, 0.05) is 31.1 Å². The number of nitrogens with two attached hydrogens (primary N) is 1. The predicted molar refractivity (Wildman–Crippen MR) is 84.1 cm³/mol. The molecular weight excluding hydrogens is 264 g/mol. The van der Waals surface area contributed by atoms with Crippen molar-refractivity contribution in [2.24, 2.45) is 5.73 Å². The van der Waals surface area contributed by atoms with Gasteiger partial charge in [-0.2, -0.15) is 0 Å². The summed E-state index contributed by atoms with van der Waals surface area (Å²) in [5, 5.41) is 0. The van der Waals surface area contributed by atoms with Crippen LogP contribution in [0, 0.1) is 0 Å². The highest BCUT2D eigenvalue weighted by Gasteiger charge is 2.19. The van der Waals surface area contributed by atoms with Crippen LogP contribution in [0.1, 0.15) is 56.7 Å². The Morgan fingerprint density at radius 1 is 1.33 bits per heavy atom. The van der Waals surface area contributed by atoms with Crippen molar-refractivity contribution in [3.8, 4) is 5.75 Å². The van der Waals surface area contributed by atoms with E-state index in [0.29, 0.717) is 19.6 Å². The Morgan fingerprint density at radius 3 is 2.86 bits per heavy atom. The van der Waals surface area contributed by atoms with Gasteiger partial charge in [0.2, 0.25) is 5.91 Å². The number of likely N-dealkylation sites (tertiary alicyclic amines) is 1. The van der Waals surface area contributed by atoms with Crippen molar-refractivity contribution in [3.63, 3.8) is 0 Å². The molecule has 1 aliphatic rings. The molecule has 116 valence electrons. The molecule has 1 fully saturated rings. The highest BCUT2D eigenvalue weighted by Crippen LogP contribution is 2.25. The summed E-state index contributed by atoms with van der Waals surface area (Å²) in [6.07, 6.45) is 3.90. The third kappa shape index (κ3) is 4.21. The molecule has 21 heavy (non-hydrogen) atoms. The molecule has 1 unspecified atom stereocenters. The number of hydrogen-bond donors (Lipinski definition) is 1. The number of hydrogen-bond acceptors (Lipinski definition) is 3. The zero-order valence-electron chi connectivity index (χ0n) is 13.1. The first-order valence-corrected chi connectivity index (χ1v) is 7.90. The highest BCUT2D eigenvalue weighted by molar-refractivity contribution is 5.76. The number of nitrogens with zero attached hydrogens (tertiary/aromatic N) is 1. The number of amides is 1. The summed E-state index contributed by atoms with van der Waals surface area (Å²) in [6.45, 7) is 6.02. The van der Waals surface area contributed by atoms with Gasteiger partial charge in [-0.15, -0.1) is 0 Å². The average molecular weight is 290 g/mol. The van der Waals surface area contributed by atoms with E-state index in [1.165, 1.54) is 0 Å². The summed E-state index contributed by atoms with van der Waals surface area (Å²) in [5.41, 5.74) is 8.11. The second kappa shape index (κ2) is 7.46. The second-order valence-corrected chi connectivity index (χ2v) is 5.71. The molecule has 2 rings (SSSR count). The zero-order valence-corrected chi connectivity index (χ0v) is 13.1. The molecule has 2 N–H and O–H groups in total. The Balaban J connectivity index is 2.22. The maximum absolute atomic E-state index is 12.2. The van der Waals surface area contributed by atoms with E-state index in [-0.39, 0.29) is 11.9 Å². The van der Waals surface area contributed by atoms with E-state index in [9.17, 15) is 4.79 Å². The molecule has 0 aromatic heterocycles. The first-order valence-electron chi connectivity index (χ1n) is 7.90. The quantitative estimate of drug-likeness (QED) is 0.907. The Labute approximate surface area is 127 Å². The molecular formula is C17H26N2O2. The minimum Gasteiger partial charge on any atom is -0.494 e. The fourth-order valence-corrected chi connectivity index (χ4v) is 2.71. The molecule has 0 radical (unpaired) electrons. The summed E-state index contributed by atoms with van der Waals surface area (Å²) in [7, 11) is 0. The van der Waals surface area contributed by atoms with Crippen molar-refractivity contribution < 1.29 is 9.53 Å². The number of carbonyl (C=O) groups excluding carboxylic acids is 1. The van der Waals surface area contributed by atoms with Crippen LogP contribution in [0.25, 0.3) is 0 Å². The molecule has 0 aliphatic carbocycles. The number of rotatable bonds is 5. The van der Waals surface area contributed by atoms with Crippen molar-refractivity contribution in [2.45, 2.75) is 52.1 Å². The molecule has 1 aromatic carbocycles. The summed E-state index contributed by atoms with van der Waals surface area (Å²) >= 11 is 0. The van der Waals surface area contributed by atoms with E-state index < -0.39 is 0 Å². The van der Waals surface area contributed by atoms with Crippen LogP contribution in [0.3, 0.4) is 0 Å². The van der Waals surface area contributed by atoms with E-state index in [1.54, 1.807) is 0 Å². The Bertz CT molecular complexity index is 486. The van der Waals surface area contributed by atoms with Crippen LogP contribution in [0.5, 0.6) is 5.75 Å². The first-order chi connectivity index (χ1) is 10.1. The van der Waals surface area contributed by atoms with Gasteiger partial charge in [0.05, 0.1) is 6.61 Å².